The number of aromatic nitrogens is 2. The minimum absolute atomic E-state index is 0.164. The van der Waals surface area contributed by atoms with Crippen LogP contribution in [0.1, 0.15) is 33.6 Å². The number of carbonyl (C=O) groups is 2. The number of pyridine rings is 2. The van der Waals surface area contributed by atoms with Gasteiger partial charge in [-0.1, -0.05) is 12.1 Å². The highest BCUT2D eigenvalue weighted by atomic mass is 16.2. The Kier molecular flexibility index (Phi) is 6.73. The zero-order valence-corrected chi connectivity index (χ0v) is 17.7. The average molecular weight is 413 g/mol. The quantitative estimate of drug-likeness (QED) is 0.666. The lowest BCUT2D eigenvalue weighted by Gasteiger charge is -2.19. The van der Waals surface area contributed by atoms with Gasteiger partial charge in [0.2, 0.25) is 5.91 Å². The summed E-state index contributed by atoms with van der Waals surface area (Å²) in [6.07, 6.45) is 3.11. The van der Waals surface area contributed by atoms with Crippen molar-refractivity contribution in [2.24, 2.45) is 0 Å². The third-order valence-corrected chi connectivity index (χ3v) is 5.04. The van der Waals surface area contributed by atoms with Crippen LogP contribution in [0.4, 0.5) is 5.69 Å². The predicted molar refractivity (Wildman–Crippen MR) is 118 cm³/mol. The highest BCUT2D eigenvalue weighted by Gasteiger charge is 2.14. The second kappa shape index (κ2) is 9.63. The summed E-state index contributed by atoms with van der Waals surface area (Å²) < 4.78 is 0. The van der Waals surface area contributed by atoms with Gasteiger partial charge in [-0.3, -0.25) is 19.6 Å². The van der Waals surface area contributed by atoms with Gasteiger partial charge in [-0.25, -0.2) is 0 Å². The van der Waals surface area contributed by atoms with Gasteiger partial charge < -0.3 is 10.2 Å². The number of aryl methyl sites for hydroxylation is 2. The van der Waals surface area contributed by atoms with Crippen LogP contribution in [-0.2, 0) is 11.3 Å². The number of anilines is 1. The summed E-state index contributed by atoms with van der Waals surface area (Å²) in [5.41, 5.74) is 5.55. The fourth-order valence-corrected chi connectivity index (χ4v) is 3.19. The zero-order chi connectivity index (χ0) is 22.4. The Labute approximate surface area is 181 Å². The molecule has 0 fully saturated rings. The van der Waals surface area contributed by atoms with E-state index in [9.17, 15) is 9.59 Å². The van der Waals surface area contributed by atoms with Crippen molar-refractivity contribution < 1.29 is 9.59 Å². The van der Waals surface area contributed by atoms with Gasteiger partial charge in [0.15, 0.2) is 0 Å². The van der Waals surface area contributed by atoms with E-state index in [1.54, 1.807) is 31.6 Å². The van der Waals surface area contributed by atoms with Crippen molar-refractivity contribution in [3.05, 3.63) is 77.2 Å². The van der Waals surface area contributed by atoms with Crippen molar-refractivity contribution in [3.8, 4) is 17.3 Å². The van der Waals surface area contributed by atoms with Gasteiger partial charge in [0.05, 0.1) is 17.3 Å². The molecule has 156 valence electrons. The molecule has 0 aliphatic heterocycles. The predicted octanol–water partition coefficient (Wildman–Crippen LogP) is 3.57. The molecule has 2 amide bonds. The van der Waals surface area contributed by atoms with Gasteiger partial charge in [-0.05, 0) is 55.3 Å². The molecule has 1 N–H and O–H groups in total. The lowest BCUT2D eigenvalue weighted by molar-refractivity contribution is -0.117. The van der Waals surface area contributed by atoms with Crippen LogP contribution in [-0.4, -0.2) is 28.8 Å². The average Bonchev–Trinajstić information content (AvgIpc) is 2.78. The molecular formula is C24H23N5O2. The maximum Gasteiger partial charge on any atom is 0.253 e. The number of carbonyl (C=O) groups excluding carboxylic acids is 2. The molecule has 2 aromatic heterocycles. The Morgan fingerprint density at radius 2 is 1.94 bits per heavy atom. The summed E-state index contributed by atoms with van der Waals surface area (Å²) in [4.78, 5) is 34.5. The molecule has 0 bridgehead atoms. The molecule has 0 saturated heterocycles. The first-order valence-electron chi connectivity index (χ1n) is 9.80. The van der Waals surface area contributed by atoms with Crippen LogP contribution < -0.4 is 10.2 Å². The molecule has 0 unspecified atom stereocenters. The van der Waals surface area contributed by atoms with E-state index < -0.39 is 0 Å². The number of nitrogens with zero attached hydrogens (tertiary/aromatic N) is 4. The van der Waals surface area contributed by atoms with E-state index in [1.165, 1.54) is 4.90 Å². The number of benzene rings is 1. The molecule has 0 aliphatic carbocycles. The molecule has 7 nitrogen and oxygen atoms in total. The van der Waals surface area contributed by atoms with Crippen LogP contribution in [0, 0.1) is 25.2 Å². The largest absolute Gasteiger partial charge is 0.348 e. The van der Waals surface area contributed by atoms with Crippen molar-refractivity contribution in [2.45, 2.75) is 26.8 Å². The molecule has 0 saturated carbocycles. The van der Waals surface area contributed by atoms with Gasteiger partial charge >= 0.3 is 0 Å². The summed E-state index contributed by atoms with van der Waals surface area (Å²) in [7, 11) is 1.65. The molecule has 7 heteroatoms. The van der Waals surface area contributed by atoms with Crippen LogP contribution >= 0.6 is 0 Å². The molecule has 31 heavy (non-hydrogen) atoms. The number of rotatable bonds is 6. The number of hydrogen-bond donors (Lipinski definition) is 1. The van der Waals surface area contributed by atoms with Crippen LogP contribution in [0.5, 0.6) is 0 Å². The molecule has 3 aromatic rings. The lowest BCUT2D eigenvalue weighted by Crippen LogP contribution is -2.26. The van der Waals surface area contributed by atoms with Crippen LogP contribution in [0.15, 0.2) is 54.9 Å². The van der Waals surface area contributed by atoms with Crippen LogP contribution in [0.2, 0.25) is 0 Å². The van der Waals surface area contributed by atoms with Gasteiger partial charge in [-0.15, -0.1) is 0 Å². The summed E-state index contributed by atoms with van der Waals surface area (Å²) in [5, 5.41) is 11.6. The third kappa shape index (κ3) is 5.11. The fourth-order valence-electron chi connectivity index (χ4n) is 3.19. The van der Waals surface area contributed by atoms with Crippen LogP contribution in [0.3, 0.4) is 0 Å². The van der Waals surface area contributed by atoms with Gasteiger partial charge in [-0.2, -0.15) is 5.26 Å². The summed E-state index contributed by atoms with van der Waals surface area (Å²) >= 11 is 0. The highest BCUT2D eigenvalue weighted by molar-refractivity contribution is 5.95. The minimum atomic E-state index is -0.256. The number of nitriles is 1. The third-order valence-electron chi connectivity index (χ3n) is 5.04. The van der Waals surface area contributed by atoms with Crippen molar-refractivity contribution >= 4 is 17.5 Å². The Bertz CT molecular complexity index is 1150. The SMILES string of the molecule is Cc1cc(-c2ccc(C(=O)NCc3cccnc3C)cn2)ccc1N(C)C(=O)CC#N. The maximum absolute atomic E-state index is 12.4. The Balaban J connectivity index is 1.70. The number of hydrogen-bond acceptors (Lipinski definition) is 5. The zero-order valence-electron chi connectivity index (χ0n) is 17.7. The standard InChI is InChI=1S/C24H23N5O2/c1-16-13-18(7-9-22(16)29(3)23(30)10-11-25)21-8-6-20(15-27-21)24(31)28-14-19-5-4-12-26-17(19)2/h4-9,12-13,15H,10,14H2,1-3H3,(H,28,31). The first-order valence-corrected chi connectivity index (χ1v) is 9.80. The molecule has 0 atom stereocenters. The first kappa shape index (κ1) is 21.7. The van der Waals surface area contributed by atoms with Crippen molar-refractivity contribution in [3.63, 3.8) is 0 Å². The first-order chi connectivity index (χ1) is 14.9. The summed E-state index contributed by atoms with van der Waals surface area (Å²) in [6, 6.07) is 14.8. The number of nitrogens with one attached hydrogen (secondary N) is 1. The molecule has 0 aliphatic rings. The summed E-state index contributed by atoms with van der Waals surface area (Å²) in [5.74, 6) is -0.459. The molecule has 0 radical (unpaired) electrons. The molecular weight excluding hydrogens is 390 g/mol. The highest BCUT2D eigenvalue weighted by Crippen LogP contribution is 2.26. The normalized spacial score (nSPS) is 10.3. The fraction of sp³-hybridized carbons (Fsp3) is 0.208. The lowest BCUT2D eigenvalue weighted by atomic mass is 10.0. The molecule has 1 aromatic carbocycles. The van der Waals surface area contributed by atoms with Crippen molar-refractivity contribution in [2.75, 3.05) is 11.9 Å². The topological polar surface area (TPSA) is 99.0 Å². The summed E-state index contributed by atoms with van der Waals surface area (Å²) in [6.45, 7) is 4.21. The van der Waals surface area contributed by atoms with Crippen molar-refractivity contribution in [1.29, 1.82) is 5.26 Å². The second-order valence-electron chi connectivity index (χ2n) is 7.15. The van der Waals surface area contributed by atoms with Crippen molar-refractivity contribution in [1.82, 2.24) is 15.3 Å². The van der Waals surface area contributed by atoms with E-state index in [0.717, 1.165) is 33.8 Å². The van der Waals surface area contributed by atoms with E-state index in [1.807, 2.05) is 50.2 Å². The minimum Gasteiger partial charge on any atom is -0.348 e. The van der Waals surface area contributed by atoms with Gasteiger partial charge in [0, 0.05) is 42.9 Å². The molecule has 3 rings (SSSR count). The van der Waals surface area contributed by atoms with E-state index in [0.29, 0.717) is 12.1 Å². The maximum atomic E-state index is 12.4. The second-order valence-corrected chi connectivity index (χ2v) is 7.15. The Morgan fingerprint density at radius 3 is 2.58 bits per heavy atom. The monoisotopic (exact) mass is 413 g/mol. The number of amides is 2. The van der Waals surface area contributed by atoms with Gasteiger partial charge in [0.1, 0.15) is 6.42 Å². The Morgan fingerprint density at radius 1 is 1.13 bits per heavy atom. The van der Waals surface area contributed by atoms with Gasteiger partial charge in [0.25, 0.3) is 5.91 Å². The van der Waals surface area contributed by atoms with E-state index in [4.69, 9.17) is 5.26 Å². The molecule has 2 heterocycles. The molecule has 0 spiro atoms. The smallest absolute Gasteiger partial charge is 0.253 e. The van der Waals surface area contributed by atoms with E-state index >= 15 is 0 Å². The Hall–Kier alpha value is -4.05. The van der Waals surface area contributed by atoms with Crippen LogP contribution in [0.25, 0.3) is 11.3 Å². The van der Waals surface area contributed by atoms with E-state index in [2.05, 4.69) is 15.3 Å². The van der Waals surface area contributed by atoms with E-state index in [-0.39, 0.29) is 18.2 Å².